The van der Waals surface area contributed by atoms with Crippen LogP contribution in [0.5, 0.6) is 17.2 Å². The first-order valence-electron chi connectivity index (χ1n) is 6.73. The summed E-state index contributed by atoms with van der Waals surface area (Å²) in [6.45, 7) is 0.891. The summed E-state index contributed by atoms with van der Waals surface area (Å²) in [6.07, 6.45) is 0.407. The van der Waals surface area contributed by atoms with Crippen LogP contribution in [0.2, 0.25) is 0 Å². The zero-order valence-corrected chi connectivity index (χ0v) is 11.8. The average Bonchev–Trinajstić information content (AvgIpc) is 2.53. The molecule has 23 heavy (non-hydrogen) atoms. The normalized spacial score (nSPS) is 13.3. The van der Waals surface area contributed by atoms with Gasteiger partial charge in [-0.1, -0.05) is 18.1 Å². The van der Waals surface area contributed by atoms with E-state index in [0.29, 0.717) is 35.8 Å². The maximum atomic E-state index is 12.5. The van der Waals surface area contributed by atoms with Gasteiger partial charge in [-0.25, -0.2) is 0 Å². The van der Waals surface area contributed by atoms with Crippen LogP contribution >= 0.6 is 0 Å². The van der Waals surface area contributed by atoms with Gasteiger partial charge in [0.1, 0.15) is 19.0 Å². The van der Waals surface area contributed by atoms with Crippen LogP contribution in [0.3, 0.4) is 0 Å². The molecule has 0 saturated carbocycles. The van der Waals surface area contributed by atoms with Crippen molar-refractivity contribution in [2.45, 2.75) is 6.36 Å². The van der Waals surface area contributed by atoms with Crippen molar-refractivity contribution in [2.75, 3.05) is 13.2 Å². The minimum Gasteiger partial charge on any atom is -0.486 e. The average molecular weight is 320 g/mol. The Hall–Kier alpha value is -2.81. The molecule has 6 heteroatoms. The van der Waals surface area contributed by atoms with Crippen molar-refractivity contribution in [3.8, 4) is 40.7 Å². The van der Waals surface area contributed by atoms with Crippen molar-refractivity contribution in [1.82, 2.24) is 0 Å². The summed E-state index contributed by atoms with van der Waals surface area (Å²) >= 11 is 0. The van der Waals surface area contributed by atoms with Crippen molar-refractivity contribution in [3.63, 3.8) is 0 Å². The van der Waals surface area contributed by atoms with Crippen molar-refractivity contribution in [2.24, 2.45) is 0 Å². The third-order valence-corrected chi connectivity index (χ3v) is 3.24. The molecular formula is C17H11F3O3. The Kier molecular flexibility index (Phi) is 3.78. The van der Waals surface area contributed by atoms with Crippen LogP contribution in [-0.2, 0) is 0 Å². The van der Waals surface area contributed by atoms with Crippen LogP contribution in [0.15, 0.2) is 36.4 Å². The smallest absolute Gasteiger partial charge is 0.486 e. The second-order valence-electron chi connectivity index (χ2n) is 4.76. The van der Waals surface area contributed by atoms with Crippen molar-refractivity contribution in [3.05, 3.63) is 42.0 Å². The van der Waals surface area contributed by atoms with E-state index in [1.165, 1.54) is 12.1 Å². The Labute approximate surface area is 130 Å². The molecule has 0 amide bonds. The number of rotatable bonds is 2. The number of terminal acetylenes is 1. The molecular weight excluding hydrogens is 309 g/mol. The van der Waals surface area contributed by atoms with Crippen LogP contribution < -0.4 is 14.2 Å². The summed E-state index contributed by atoms with van der Waals surface area (Å²) in [5.41, 5.74) is 1.23. The maximum Gasteiger partial charge on any atom is 0.573 e. The Morgan fingerprint density at radius 3 is 2.30 bits per heavy atom. The van der Waals surface area contributed by atoms with Gasteiger partial charge in [-0.15, -0.1) is 19.6 Å². The number of alkyl halides is 3. The van der Waals surface area contributed by atoms with Gasteiger partial charge in [0.2, 0.25) is 0 Å². The molecule has 1 heterocycles. The van der Waals surface area contributed by atoms with E-state index in [-0.39, 0.29) is 5.56 Å². The lowest BCUT2D eigenvalue weighted by Crippen LogP contribution is -2.17. The Morgan fingerprint density at radius 2 is 1.61 bits per heavy atom. The van der Waals surface area contributed by atoms with Gasteiger partial charge >= 0.3 is 6.36 Å². The summed E-state index contributed by atoms with van der Waals surface area (Å²) in [5.74, 6) is 2.92. The first kappa shape index (κ1) is 15.1. The van der Waals surface area contributed by atoms with E-state index in [1.54, 1.807) is 24.3 Å². The van der Waals surface area contributed by atoms with E-state index >= 15 is 0 Å². The maximum absolute atomic E-state index is 12.5. The molecule has 2 aromatic rings. The number of ether oxygens (including phenoxy) is 3. The second-order valence-corrected chi connectivity index (χ2v) is 4.76. The molecule has 0 saturated heterocycles. The molecule has 0 N–H and O–H groups in total. The molecule has 1 aliphatic heterocycles. The molecule has 0 radical (unpaired) electrons. The minimum atomic E-state index is -4.81. The fraction of sp³-hybridized carbons (Fsp3) is 0.176. The molecule has 3 rings (SSSR count). The first-order chi connectivity index (χ1) is 11.0. The van der Waals surface area contributed by atoms with E-state index in [9.17, 15) is 13.2 Å². The summed E-state index contributed by atoms with van der Waals surface area (Å²) in [4.78, 5) is 0. The number of benzene rings is 2. The topological polar surface area (TPSA) is 27.7 Å². The quantitative estimate of drug-likeness (QED) is 0.783. The monoisotopic (exact) mass is 320 g/mol. The molecule has 118 valence electrons. The minimum absolute atomic E-state index is 0.0311. The number of hydrogen-bond acceptors (Lipinski definition) is 3. The standard InChI is InChI=1S/C17H11F3O3/c1-2-11-3-4-12(9-15(11)23-17(18,19)20)13-5-6-14-16(10-13)22-8-7-21-14/h1,3-6,9-10H,7-8H2. The molecule has 0 fully saturated rings. The fourth-order valence-electron chi connectivity index (χ4n) is 2.25. The van der Waals surface area contributed by atoms with Gasteiger partial charge in [-0.2, -0.15) is 0 Å². The van der Waals surface area contributed by atoms with Gasteiger partial charge in [0.05, 0.1) is 5.56 Å². The Bertz CT molecular complexity index is 776. The highest BCUT2D eigenvalue weighted by Gasteiger charge is 2.32. The predicted octanol–water partition coefficient (Wildman–Crippen LogP) is 4.00. The van der Waals surface area contributed by atoms with Gasteiger partial charge in [0.15, 0.2) is 11.5 Å². The van der Waals surface area contributed by atoms with Gasteiger partial charge in [-0.05, 0) is 35.4 Å². The van der Waals surface area contributed by atoms with Crippen LogP contribution in [0.4, 0.5) is 13.2 Å². The second kappa shape index (κ2) is 5.76. The van der Waals surface area contributed by atoms with Gasteiger partial charge in [0, 0.05) is 0 Å². The Balaban J connectivity index is 2.00. The van der Waals surface area contributed by atoms with Gasteiger partial charge in [-0.3, -0.25) is 0 Å². The van der Waals surface area contributed by atoms with Crippen molar-refractivity contribution in [1.29, 1.82) is 0 Å². The molecule has 0 bridgehead atoms. The highest BCUT2D eigenvalue weighted by molar-refractivity contribution is 5.70. The lowest BCUT2D eigenvalue weighted by Gasteiger charge is -2.19. The molecule has 2 aromatic carbocycles. The lowest BCUT2D eigenvalue weighted by atomic mass is 10.0. The van der Waals surface area contributed by atoms with E-state index in [4.69, 9.17) is 15.9 Å². The summed E-state index contributed by atoms with van der Waals surface area (Å²) in [7, 11) is 0. The van der Waals surface area contributed by atoms with Crippen molar-refractivity contribution >= 4 is 0 Å². The van der Waals surface area contributed by atoms with Gasteiger partial charge in [0.25, 0.3) is 0 Å². The summed E-state index contributed by atoms with van der Waals surface area (Å²) in [5, 5.41) is 0. The van der Waals surface area contributed by atoms with Crippen LogP contribution in [0.1, 0.15) is 5.56 Å². The van der Waals surface area contributed by atoms with Crippen LogP contribution in [0.25, 0.3) is 11.1 Å². The first-order valence-corrected chi connectivity index (χ1v) is 6.73. The van der Waals surface area contributed by atoms with Crippen LogP contribution in [-0.4, -0.2) is 19.6 Å². The van der Waals surface area contributed by atoms with Crippen LogP contribution in [0, 0.1) is 12.3 Å². The number of halogens is 3. The predicted molar refractivity (Wildman–Crippen MR) is 77.5 cm³/mol. The summed E-state index contributed by atoms with van der Waals surface area (Å²) < 4.78 is 52.4. The number of hydrogen-bond donors (Lipinski definition) is 0. The zero-order valence-electron chi connectivity index (χ0n) is 11.8. The van der Waals surface area contributed by atoms with Crippen molar-refractivity contribution < 1.29 is 27.4 Å². The third-order valence-electron chi connectivity index (χ3n) is 3.24. The molecule has 0 aliphatic carbocycles. The molecule has 0 spiro atoms. The zero-order chi connectivity index (χ0) is 16.4. The number of fused-ring (bicyclic) bond motifs is 1. The van der Waals surface area contributed by atoms with E-state index < -0.39 is 12.1 Å². The molecule has 0 unspecified atom stereocenters. The highest BCUT2D eigenvalue weighted by Crippen LogP contribution is 2.36. The summed E-state index contributed by atoms with van der Waals surface area (Å²) in [6, 6.07) is 9.45. The fourth-order valence-corrected chi connectivity index (χ4v) is 2.25. The van der Waals surface area contributed by atoms with E-state index in [2.05, 4.69) is 10.7 Å². The molecule has 0 atom stereocenters. The molecule has 3 nitrogen and oxygen atoms in total. The van der Waals surface area contributed by atoms with E-state index in [0.717, 1.165) is 0 Å². The SMILES string of the molecule is C#Cc1ccc(-c2ccc3c(c2)OCCO3)cc1OC(F)(F)F. The van der Waals surface area contributed by atoms with Gasteiger partial charge < -0.3 is 14.2 Å². The third kappa shape index (κ3) is 3.34. The van der Waals surface area contributed by atoms with E-state index in [1.807, 2.05) is 0 Å². The molecule has 0 aromatic heterocycles. The lowest BCUT2D eigenvalue weighted by molar-refractivity contribution is -0.274. The largest absolute Gasteiger partial charge is 0.573 e. The Morgan fingerprint density at radius 1 is 0.957 bits per heavy atom. The highest BCUT2D eigenvalue weighted by atomic mass is 19.4. The molecule has 1 aliphatic rings.